The highest BCUT2D eigenvalue weighted by Crippen LogP contribution is 2.23. The Kier molecular flexibility index (Phi) is 11.6. The number of unbranched alkanes of at least 4 members (excludes halogenated alkanes) is 4. The third-order valence-electron chi connectivity index (χ3n) is 6.06. The lowest BCUT2D eigenvalue weighted by Crippen LogP contribution is -2.08. The second kappa shape index (κ2) is 15.4. The van der Waals surface area contributed by atoms with Gasteiger partial charge >= 0.3 is 17.9 Å². The monoisotopic (exact) mass is 520 g/mol. The van der Waals surface area contributed by atoms with Gasteiger partial charge in [0.2, 0.25) is 0 Å². The molecule has 0 saturated carbocycles. The first-order chi connectivity index (χ1) is 18.4. The third-order valence-corrected chi connectivity index (χ3v) is 6.06. The van der Waals surface area contributed by atoms with E-state index in [-0.39, 0.29) is 18.0 Å². The van der Waals surface area contributed by atoms with Crippen LogP contribution in [-0.4, -0.2) is 37.2 Å². The molecule has 0 aromatic heterocycles. The highest BCUT2D eigenvalue weighted by molar-refractivity contribution is 5.91. The van der Waals surface area contributed by atoms with Crippen molar-refractivity contribution in [2.45, 2.75) is 64.4 Å². The molecule has 1 atom stereocenters. The Bertz CT molecular complexity index is 1080. The summed E-state index contributed by atoms with van der Waals surface area (Å²) < 4.78 is 21.5. The van der Waals surface area contributed by atoms with Crippen molar-refractivity contribution >= 4 is 24.0 Å². The van der Waals surface area contributed by atoms with Crippen molar-refractivity contribution in [3.63, 3.8) is 0 Å². The maximum absolute atomic E-state index is 12.5. The van der Waals surface area contributed by atoms with E-state index < -0.39 is 5.97 Å². The fourth-order valence-corrected chi connectivity index (χ4v) is 3.84. The van der Waals surface area contributed by atoms with Crippen LogP contribution in [0.4, 0.5) is 0 Å². The predicted octanol–water partition coefficient (Wildman–Crippen LogP) is 6.46. The van der Waals surface area contributed by atoms with Gasteiger partial charge in [-0.2, -0.15) is 0 Å². The van der Waals surface area contributed by atoms with Crippen LogP contribution in [0.25, 0.3) is 6.08 Å². The van der Waals surface area contributed by atoms with Gasteiger partial charge < -0.3 is 18.9 Å². The average molecular weight is 521 g/mol. The number of carbonyl (C=O) groups excluding carboxylic acids is 3. The standard InChI is InChI=1S/C31H36O7/c1-3-4-20-36-29(32)19-12-24-10-15-27(16-11-24)37-31(34)25-13-17-26(18-14-25)35-21-8-6-5-7-9-28-22-23(2)30(33)38-28/h10-19,28H,2-9,20-22H2,1H3. The number of hydrogen-bond donors (Lipinski definition) is 0. The molecule has 202 valence electrons. The average Bonchev–Trinajstić information content (AvgIpc) is 3.24. The van der Waals surface area contributed by atoms with Gasteiger partial charge in [-0.1, -0.05) is 44.9 Å². The fraction of sp³-hybridized carbons (Fsp3) is 0.387. The van der Waals surface area contributed by atoms with Crippen molar-refractivity contribution < 1.29 is 33.3 Å². The zero-order valence-corrected chi connectivity index (χ0v) is 22.0. The summed E-state index contributed by atoms with van der Waals surface area (Å²) in [6.45, 7) is 6.75. The van der Waals surface area contributed by atoms with E-state index in [0.717, 1.165) is 50.5 Å². The van der Waals surface area contributed by atoms with Crippen LogP contribution < -0.4 is 9.47 Å². The van der Waals surface area contributed by atoms with Crippen LogP contribution >= 0.6 is 0 Å². The molecule has 3 rings (SSSR count). The van der Waals surface area contributed by atoms with Crippen LogP contribution in [0.5, 0.6) is 11.5 Å². The second-order valence-corrected chi connectivity index (χ2v) is 9.22. The highest BCUT2D eigenvalue weighted by atomic mass is 16.6. The van der Waals surface area contributed by atoms with Gasteiger partial charge in [0.15, 0.2) is 0 Å². The van der Waals surface area contributed by atoms with Gasteiger partial charge in [-0.05, 0) is 73.7 Å². The summed E-state index contributed by atoms with van der Waals surface area (Å²) in [7, 11) is 0. The summed E-state index contributed by atoms with van der Waals surface area (Å²) in [5, 5.41) is 0. The molecule has 1 heterocycles. The summed E-state index contributed by atoms with van der Waals surface area (Å²) in [6, 6.07) is 13.7. The lowest BCUT2D eigenvalue weighted by atomic mass is 10.1. The molecule has 2 aromatic rings. The second-order valence-electron chi connectivity index (χ2n) is 9.22. The Morgan fingerprint density at radius 1 is 0.947 bits per heavy atom. The molecule has 0 N–H and O–H groups in total. The summed E-state index contributed by atoms with van der Waals surface area (Å²) in [5.74, 6) is 0.00876. The molecule has 2 aromatic carbocycles. The van der Waals surface area contributed by atoms with Crippen LogP contribution in [0.2, 0.25) is 0 Å². The van der Waals surface area contributed by atoms with Crippen molar-refractivity contribution in [2.75, 3.05) is 13.2 Å². The molecule has 38 heavy (non-hydrogen) atoms. The van der Waals surface area contributed by atoms with Crippen LogP contribution in [0, 0.1) is 0 Å². The highest BCUT2D eigenvalue weighted by Gasteiger charge is 2.26. The molecule has 1 saturated heterocycles. The molecule has 7 heteroatoms. The van der Waals surface area contributed by atoms with Crippen molar-refractivity contribution in [1.82, 2.24) is 0 Å². The van der Waals surface area contributed by atoms with Gasteiger partial charge in [0.1, 0.15) is 17.6 Å². The van der Waals surface area contributed by atoms with E-state index in [0.29, 0.717) is 42.3 Å². The first-order valence-electron chi connectivity index (χ1n) is 13.2. The molecule has 1 unspecified atom stereocenters. The number of esters is 3. The largest absolute Gasteiger partial charge is 0.494 e. The van der Waals surface area contributed by atoms with Gasteiger partial charge in [0.05, 0.1) is 18.8 Å². The van der Waals surface area contributed by atoms with Gasteiger partial charge in [0, 0.05) is 18.1 Å². The minimum absolute atomic E-state index is 0.00893. The maximum Gasteiger partial charge on any atom is 0.343 e. The van der Waals surface area contributed by atoms with Crippen LogP contribution in [0.15, 0.2) is 66.8 Å². The smallest absolute Gasteiger partial charge is 0.343 e. The summed E-state index contributed by atoms with van der Waals surface area (Å²) in [6.07, 6.45) is 10.4. The quantitative estimate of drug-likeness (QED) is 0.115. The number of ether oxygens (including phenoxy) is 4. The van der Waals surface area contributed by atoms with Crippen LogP contribution in [-0.2, 0) is 19.1 Å². The third kappa shape index (κ3) is 9.88. The van der Waals surface area contributed by atoms with E-state index in [1.807, 2.05) is 6.92 Å². The molecule has 1 aliphatic heterocycles. The topological polar surface area (TPSA) is 88.1 Å². The van der Waals surface area contributed by atoms with Gasteiger partial charge in [-0.15, -0.1) is 0 Å². The molecule has 0 amide bonds. The van der Waals surface area contributed by atoms with E-state index >= 15 is 0 Å². The van der Waals surface area contributed by atoms with Gasteiger partial charge in [-0.3, -0.25) is 0 Å². The van der Waals surface area contributed by atoms with Crippen molar-refractivity contribution in [3.8, 4) is 11.5 Å². The Morgan fingerprint density at radius 3 is 2.34 bits per heavy atom. The first-order valence-corrected chi connectivity index (χ1v) is 13.2. The number of benzene rings is 2. The molecule has 0 radical (unpaired) electrons. The van der Waals surface area contributed by atoms with E-state index in [1.165, 1.54) is 6.08 Å². The SMILES string of the molecule is C=C1CC(CCCCCCOc2ccc(C(=O)Oc3ccc(C=CC(=O)OCCCC)cc3)cc2)OC1=O. The minimum Gasteiger partial charge on any atom is -0.494 e. The number of rotatable bonds is 15. The normalized spacial score (nSPS) is 14.9. The zero-order chi connectivity index (χ0) is 27.2. The lowest BCUT2D eigenvalue weighted by molar-refractivity contribution is -0.139. The van der Waals surface area contributed by atoms with Gasteiger partial charge in [0.25, 0.3) is 0 Å². The molecular weight excluding hydrogens is 484 g/mol. The molecule has 0 bridgehead atoms. The molecule has 1 aliphatic rings. The maximum atomic E-state index is 12.5. The molecule has 0 spiro atoms. The first kappa shape index (κ1) is 28.7. The predicted molar refractivity (Wildman–Crippen MR) is 145 cm³/mol. The summed E-state index contributed by atoms with van der Waals surface area (Å²) >= 11 is 0. The van der Waals surface area contributed by atoms with Crippen LogP contribution in [0.1, 0.15) is 74.2 Å². The molecule has 7 nitrogen and oxygen atoms in total. The lowest BCUT2D eigenvalue weighted by Gasteiger charge is -2.09. The fourth-order valence-electron chi connectivity index (χ4n) is 3.84. The van der Waals surface area contributed by atoms with Crippen LogP contribution in [0.3, 0.4) is 0 Å². The van der Waals surface area contributed by atoms with Crippen molar-refractivity contribution in [2.24, 2.45) is 0 Å². The molecular formula is C31H36O7. The summed E-state index contributed by atoms with van der Waals surface area (Å²) in [4.78, 5) is 35.5. The van der Waals surface area contributed by atoms with E-state index in [9.17, 15) is 14.4 Å². The number of hydrogen-bond acceptors (Lipinski definition) is 7. The van der Waals surface area contributed by atoms with E-state index in [2.05, 4.69) is 6.58 Å². The van der Waals surface area contributed by atoms with E-state index in [4.69, 9.17) is 18.9 Å². The molecule has 0 aliphatic carbocycles. The van der Waals surface area contributed by atoms with Crippen molar-refractivity contribution in [1.29, 1.82) is 0 Å². The number of carbonyl (C=O) groups is 3. The number of cyclic esters (lactones) is 1. The summed E-state index contributed by atoms with van der Waals surface area (Å²) in [5.41, 5.74) is 1.79. The zero-order valence-electron chi connectivity index (χ0n) is 22.0. The Balaban J connectivity index is 1.32. The Hall–Kier alpha value is -3.87. The van der Waals surface area contributed by atoms with Gasteiger partial charge in [-0.25, -0.2) is 14.4 Å². The molecule has 1 fully saturated rings. The van der Waals surface area contributed by atoms with Crippen molar-refractivity contribution in [3.05, 3.63) is 77.9 Å². The Labute approximate surface area is 224 Å². The minimum atomic E-state index is -0.462. The van der Waals surface area contributed by atoms with E-state index in [1.54, 1.807) is 54.6 Å². The Morgan fingerprint density at radius 2 is 1.66 bits per heavy atom.